The van der Waals surface area contributed by atoms with Gasteiger partial charge in [-0.2, -0.15) is 0 Å². The van der Waals surface area contributed by atoms with Crippen LogP contribution in [0.4, 0.5) is 21.6 Å². The molecule has 11 heteroatoms. The third-order valence-electron chi connectivity index (χ3n) is 8.23. The number of amides is 2. The standard InChI is InChI=1S/C33H33FN4O4S2/c1-20-8-6-10-25(34)30(20)36-32(39)28-17-23-14-15-37(27-12-5-4-9-24(27)31(23)43-28)33(40)26-11-7-13-29(35-26)38-18-22(16-21(38)2)19-44(3,41)42/h4-13,17,21-22H,14-16,18-19H2,1-3H3,(H,36,39)/t21-,22-/m0/s1. The summed E-state index contributed by atoms with van der Waals surface area (Å²) in [7, 11) is -3.09. The first-order valence-corrected chi connectivity index (χ1v) is 17.4. The monoisotopic (exact) mass is 632 g/mol. The van der Waals surface area contributed by atoms with Gasteiger partial charge in [-0.1, -0.05) is 36.4 Å². The number of carbonyl (C=O) groups is 2. The van der Waals surface area contributed by atoms with E-state index in [0.29, 0.717) is 41.5 Å². The van der Waals surface area contributed by atoms with Gasteiger partial charge >= 0.3 is 0 Å². The van der Waals surface area contributed by atoms with Gasteiger partial charge in [-0.05, 0) is 74.1 Å². The molecular weight excluding hydrogens is 600 g/mol. The number of para-hydroxylation sites is 2. The van der Waals surface area contributed by atoms with Gasteiger partial charge in [-0.15, -0.1) is 11.3 Å². The van der Waals surface area contributed by atoms with Gasteiger partial charge < -0.3 is 15.1 Å². The summed E-state index contributed by atoms with van der Waals surface area (Å²) in [6, 6.07) is 19.6. The lowest BCUT2D eigenvalue weighted by Crippen LogP contribution is -2.34. The van der Waals surface area contributed by atoms with Gasteiger partial charge in [0.1, 0.15) is 27.2 Å². The summed E-state index contributed by atoms with van der Waals surface area (Å²) in [5.74, 6) is -0.295. The fraction of sp³-hybridized carbons (Fsp3) is 0.303. The summed E-state index contributed by atoms with van der Waals surface area (Å²) < 4.78 is 38.2. The van der Waals surface area contributed by atoms with Crippen molar-refractivity contribution in [1.29, 1.82) is 0 Å². The van der Waals surface area contributed by atoms with E-state index in [2.05, 4.69) is 10.2 Å². The van der Waals surface area contributed by atoms with Crippen LogP contribution in [-0.4, -0.2) is 56.4 Å². The van der Waals surface area contributed by atoms with Gasteiger partial charge in [0.05, 0.1) is 22.0 Å². The van der Waals surface area contributed by atoms with E-state index in [1.54, 1.807) is 30.0 Å². The Bertz CT molecular complexity index is 1850. The highest BCUT2D eigenvalue weighted by molar-refractivity contribution is 7.90. The maximum atomic E-state index is 14.4. The van der Waals surface area contributed by atoms with Crippen LogP contribution in [-0.2, 0) is 16.3 Å². The molecule has 4 heterocycles. The van der Waals surface area contributed by atoms with Crippen molar-refractivity contribution in [3.63, 3.8) is 0 Å². The maximum Gasteiger partial charge on any atom is 0.276 e. The zero-order chi connectivity index (χ0) is 31.2. The topological polar surface area (TPSA) is 99.7 Å². The van der Waals surface area contributed by atoms with Crippen molar-refractivity contribution in [2.45, 2.75) is 32.7 Å². The fourth-order valence-electron chi connectivity index (χ4n) is 6.24. The molecule has 6 rings (SSSR count). The van der Waals surface area contributed by atoms with E-state index in [1.165, 1.54) is 23.7 Å². The minimum atomic E-state index is -3.09. The van der Waals surface area contributed by atoms with E-state index in [1.807, 2.05) is 49.4 Å². The third-order valence-corrected chi connectivity index (χ3v) is 10.5. The number of pyridine rings is 1. The molecule has 0 radical (unpaired) electrons. The molecule has 1 N–H and O–H groups in total. The van der Waals surface area contributed by atoms with Crippen LogP contribution < -0.4 is 15.1 Å². The molecule has 2 atom stereocenters. The van der Waals surface area contributed by atoms with Crippen molar-refractivity contribution < 1.29 is 22.4 Å². The molecule has 0 unspecified atom stereocenters. The molecule has 8 nitrogen and oxygen atoms in total. The van der Waals surface area contributed by atoms with Crippen LogP contribution in [0, 0.1) is 18.7 Å². The van der Waals surface area contributed by atoms with E-state index in [0.717, 1.165) is 28.1 Å². The molecule has 0 spiro atoms. The predicted octanol–water partition coefficient (Wildman–Crippen LogP) is 5.97. The van der Waals surface area contributed by atoms with Crippen molar-refractivity contribution in [2.24, 2.45) is 5.92 Å². The summed E-state index contributed by atoms with van der Waals surface area (Å²) in [5.41, 5.74) is 3.63. The van der Waals surface area contributed by atoms with Gasteiger partial charge in [0.2, 0.25) is 0 Å². The molecule has 0 bridgehead atoms. The van der Waals surface area contributed by atoms with Crippen LogP contribution in [0.25, 0.3) is 10.4 Å². The normalized spacial score (nSPS) is 18.0. The van der Waals surface area contributed by atoms with Crippen LogP contribution >= 0.6 is 11.3 Å². The Hall–Kier alpha value is -4.09. The van der Waals surface area contributed by atoms with Crippen molar-refractivity contribution >= 4 is 50.2 Å². The average molecular weight is 633 g/mol. The molecule has 4 aromatic rings. The van der Waals surface area contributed by atoms with E-state index < -0.39 is 15.7 Å². The van der Waals surface area contributed by atoms with Gasteiger partial charge in [-0.25, -0.2) is 17.8 Å². The van der Waals surface area contributed by atoms with Crippen LogP contribution in [0.3, 0.4) is 0 Å². The quantitative estimate of drug-likeness (QED) is 0.281. The van der Waals surface area contributed by atoms with Crippen LogP contribution in [0.1, 0.15) is 44.6 Å². The number of thiophene rings is 1. The number of sulfone groups is 1. The molecule has 0 saturated carbocycles. The molecule has 2 aromatic carbocycles. The Morgan fingerprint density at radius 1 is 1.09 bits per heavy atom. The first kappa shape index (κ1) is 30.0. The molecule has 2 amide bonds. The van der Waals surface area contributed by atoms with Crippen LogP contribution in [0.2, 0.25) is 0 Å². The van der Waals surface area contributed by atoms with E-state index >= 15 is 0 Å². The Kier molecular flexibility index (Phi) is 8.02. The average Bonchev–Trinajstić information content (AvgIpc) is 3.53. The SMILES string of the molecule is Cc1cccc(F)c1NC(=O)c1cc2c(s1)-c1ccccc1N(C(=O)c1cccc(N3C[C@@H](CS(C)(=O)=O)C[C@@H]3C)n1)CC2. The van der Waals surface area contributed by atoms with Gasteiger partial charge in [-0.3, -0.25) is 9.59 Å². The Labute approximate surface area is 260 Å². The number of fused-ring (bicyclic) bond motifs is 3. The Morgan fingerprint density at radius 2 is 1.86 bits per heavy atom. The zero-order valence-corrected chi connectivity index (χ0v) is 26.3. The Balaban J connectivity index is 1.26. The lowest BCUT2D eigenvalue weighted by atomic mass is 10.1. The highest BCUT2D eigenvalue weighted by Gasteiger charge is 2.33. The van der Waals surface area contributed by atoms with Gasteiger partial charge in [0.15, 0.2) is 0 Å². The van der Waals surface area contributed by atoms with Crippen molar-refractivity contribution in [1.82, 2.24) is 4.98 Å². The second-order valence-corrected chi connectivity index (χ2v) is 14.9. The number of rotatable bonds is 6. The van der Waals surface area contributed by atoms with E-state index in [-0.39, 0.29) is 35.2 Å². The third kappa shape index (κ3) is 5.98. The molecule has 0 aliphatic carbocycles. The molecule has 228 valence electrons. The number of nitrogens with zero attached hydrogens (tertiary/aromatic N) is 3. The molecule has 2 aromatic heterocycles. The maximum absolute atomic E-state index is 14.4. The largest absolute Gasteiger partial charge is 0.354 e. The van der Waals surface area contributed by atoms with E-state index in [9.17, 15) is 22.4 Å². The fourth-order valence-corrected chi connectivity index (χ4v) is 8.47. The molecule has 2 aliphatic heterocycles. The first-order chi connectivity index (χ1) is 21.0. The number of aromatic nitrogens is 1. The molecule has 1 saturated heterocycles. The number of aryl methyl sites for hydroxylation is 1. The summed E-state index contributed by atoms with van der Waals surface area (Å²) >= 11 is 1.33. The number of nitrogens with one attached hydrogen (secondary N) is 1. The smallest absolute Gasteiger partial charge is 0.276 e. The summed E-state index contributed by atoms with van der Waals surface area (Å²) in [6.45, 7) is 4.75. The number of benzene rings is 2. The van der Waals surface area contributed by atoms with Gasteiger partial charge in [0, 0.05) is 35.8 Å². The zero-order valence-electron chi connectivity index (χ0n) is 24.7. The van der Waals surface area contributed by atoms with E-state index in [4.69, 9.17) is 4.98 Å². The summed E-state index contributed by atoms with van der Waals surface area (Å²) in [5, 5.41) is 2.73. The Morgan fingerprint density at radius 3 is 2.64 bits per heavy atom. The molecular formula is C33H33FN4O4S2. The summed E-state index contributed by atoms with van der Waals surface area (Å²) in [6.07, 6.45) is 2.53. The van der Waals surface area contributed by atoms with Crippen LogP contribution in [0.15, 0.2) is 66.7 Å². The van der Waals surface area contributed by atoms with Gasteiger partial charge in [0.25, 0.3) is 11.8 Å². The summed E-state index contributed by atoms with van der Waals surface area (Å²) in [4.78, 5) is 37.1. The number of hydrogen-bond acceptors (Lipinski definition) is 7. The molecule has 44 heavy (non-hydrogen) atoms. The van der Waals surface area contributed by atoms with Crippen LogP contribution in [0.5, 0.6) is 0 Å². The van der Waals surface area contributed by atoms with Crippen molar-refractivity contribution in [2.75, 3.05) is 40.2 Å². The lowest BCUT2D eigenvalue weighted by Gasteiger charge is -2.25. The minimum Gasteiger partial charge on any atom is -0.354 e. The number of halogens is 1. The first-order valence-electron chi connectivity index (χ1n) is 14.5. The highest BCUT2D eigenvalue weighted by Crippen LogP contribution is 2.42. The second kappa shape index (κ2) is 11.8. The van der Waals surface area contributed by atoms with Crippen molar-refractivity contribution in [3.8, 4) is 10.4 Å². The highest BCUT2D eigenvalue weighted by atomic mass is 32.2. The molecule has 1 fully saturated rings. The predicted molar refractivity (Wildman–Crippen MR) is 173 cm³/mol. The second-order valence-electron chi connectivity index (χ2n) is 11.7. The number of hydrogen-bond donors (Lipinski definition) is 1. The minimum absolute atomic E-state index is 0.0142. The molecule has 2 aliphatic rings. The number of carbonyl (C=O) groups excluding carboxylic acids is 2. The number of anilines is 3. The lowest BCUT2D eigenvalue weighted by molar-refractivity contribution is 0.0981. The van der Waals surface area contributed by atoms with Crippen molar-refractivity contribution in [3.05, 3.63) is 94.2 Å².